The zero-order chi connectivity index (χ0) is 13.5. The Morgan fingerprint density at radius 2 is 2.26 bits per heavy atom. The number of nitrogens with one attached hydrogen (secondary N) is 1. The summed E-state index contributed by atoms with van der Waals surface area (Å²) in [5, 5.41) is 7.78. The van der Waals surface area contributed by atoms with Crippen molar-refractivity contribution in [2.24, 2.45) is 7.05 Å². The van der Waals surface area contributed by atoms with Crippen LogP contribution in [0.1, 0.15) is 37.1 Å². The number of aromatic nitrogens is 3. The molecule has 2 aromatic heterocycles. The molecule has 4 nitrogen and oxygen atoms in total. The zero-order valence-corrected chi connectivity index (χ0v) is 11.7. The summed E-state index contributed by atoms with van der Waals surface area (Å²) in [4.78, 5) is 4.47. The molecule has 0 saturated carbocycles. The Bertz CT molecular complexity index is 478. The lowest BCUT2D eigenvalue weighted by atomic mass is 10.0. The van der Waals surface area contributed by atoms with Crippen molar-refractivity contribution in [3.05, 3.63) is 48.0 Å². The largest absolute Gasteiger partial charge is 0.309 e. The summed E-state index contributed by atoms with van der Waals surface area (Å²) in [6, 6.07) is 6.42. The molecule has 0 bridgehead atoms. The van der Waals surface area contributed by atoms with Crippen molar-refractivity contribution in [3.63, 3.8) is 0 Å². The smallest absolute Gasteiger partial charge is 0.0573 e. The normalized spacial score (nSPS) is 12.5. The van der Waals surface area contributed by atoms with E-state index in [0.717, 1.165) is 31.5 Å². The Hall–Kier alpha value is -1.68. The second-order valence-corrected chi connectivity index (χ2v) is 4.82. The first-order valence-electron chi connectivity index (χ1n) is 6.91. The zero-order valence-electron chi connectivity index (χ0n) is 11.7. The molecule has 19 heavy (non-hydrogen) atoms. The highest BCUT2D eigenvalue weighted by Gasteiger charge is 2.12. The van der Waals surface area contributed by atoms with Crippen LogP contribution in [0, 0.1) is 0 Å². The third-order valence-electron chi connectivity index (χ3n) is 3.17. The van der Waals surface area contributed by atoms with Crippen molar-refractivity contribution >= 4 is 0 Å². The first-order valence-corrected chi connectivity index (χ1v) is 6.91. The van der Waals surface area contributed by atoms with Gasteiger partial charge >= 0.3 is 0 Å². The van der Waals surface area contributed by atoms with Gasteiger partial charge in [-0.1, -0.05) is 13.0 Å². The number of pyridine rings is 1. The highest BCUT2D eigenvalue weighted by atomic mass is 15.2. The van der Waals surface area contributed by atoms with Gasteiger partial charge in [0.25, 0.3) is 0 Å². The predicted octanol–water partition coefficient (Wildman–Crippen LogP) is 2.49. The summed E-state index contributed by atoms with van der Waals surface area (Å²) in [5.74, 6) is 0. The highest BCUT2D eigenvalue weighted by molar-refractivity contribution is 5.11. The molecule has 4 heteroatoms. The molecule has 0 radical (unpaired) electrons. The standard InChI is InChI=1S/C15H22N4/c1-3-9-16-15(14-6-4-5-10-17-14)8-7-13-11-18-19(2)12-13/h4-6,10-12,15-16H,3,7-9H2,1-2H3. The maximum absolute atomic E-state index is 4.47. The molecule has 2 aromatic rings. The van der Waals surface area contributed by atoms with Crippen LogP contribution in [0.2, 0.25) is 0 Å². The van der Waals surface area contributed by atoms with Gasteiger partial charge in [-0.3, -0.25) is 9.67 Å². The van der Waals surface area contributed by atoms with E-state index in [-0.39, 0.29) is 0 Å². The maximum Gasteiger partial charge on any atom is 0.0573 e. The first kappa shape index (κ1) is 13.7. The molecule has 0 fully saturated rings. The van der Waals surface area contributed by atoms with Gasteiger partial charge in [0.2, 0.25) is 0 Å². The summed E-state index contributed by atoms with van der Waals surface area (Å²) in [6.07, 6.45) is 9.08. The number of nitrogens with zero attached hydrogens (tertiary/aromatic N) is 3. The van der Waals surface area contributed by atoms with E-state index < -0.39 is 0 Å². The molecule has 2 rings (SSSR count). The van der Waals surface area contributed by atoms with E-state index in [1.54, 1.807) is 0 Å². The van der Waals surface area contributed by atoms with Crippen LogP contribution < -0.4 is 5.32 Å². The summed E-state index contributed by atoms with van der Waals surface area (Å²) >= 11 is 0. The summed E-state index contributed by atoms with van der Waals surface area (Å²) < 4.78 is 1.85. The molecular weight excluding hydrogens is 236 g/mol. The van der Waals surface area contributed by atoms with E-state index in [0.29, 0.717) is 6.04 Å². The Kier molecular flexibility index (Phi) is 5.10. The van der Waals surface area contributed by atoms with Crippen LogP contribution in [0.15, 0.2) is 36.8 Å². The van der Waals surface area contributed by atoms with Gasteiger partial charge in [0, 0.05) is 25.5 Å². The molecule has 102 valence electrons. The van der Waals surface area contributed by atoms with Gasteiger partial charge in [0.1, 0.15) is 0 Å². The molecule has 0 amide bonds. The van der Waals surface area contributed by atoms with Gasteiger partial charge in [0.05, 0.1) is 11.9 Å². The highest BCUT2D eigenvalue weighted by Crippen LogP contribution is 2.17. The fraction of sp³-hybridized carbons (Fsp3) is 0.467. The van der Waals surface area contributed by atoms with E-state index in [1.165, 1.54) is 5.56 Å². The number of rotatable bonds is 7. The van der Waals surface area contributed by atoms with Gasteiger partial charge in [-0.2, -0.15) is 5.10 Å². The third-order valence-corrected chi connectivity index (χ3v) is 3.17. The quantitative estimate of drug-likeness (QED) is 0.829. The predicted molar refractivity (Wildman–Crippen MR) is 76.8 cm³/mol. The fourth-order valence-electron chi connectivity index (χ4n) is 2.17. The molecule has 0 saturated heterocycles. The molecule has 2 heterocycles. The molecule has 0 aliphatic rings. The van der Waals surface area contributed by atoms with Crippen molar-refractivity contribution in [3.8, 4) is 0 Å². The van der Waals surface area contributed by atoms with Gasteiger partial charge < -0.3 is 5.32 Å². The minimum atomic E-state index is 0.321. The van der Waals surface area contributed by atoms with E-state index in [1.807, 2.05) is 36.3 Å². The minimum absolute atomic E-state index is 0.321. The number of hydrogen-bond acceptors (Lipinski definition) is 3. The minimum Gasteiger partial charge on any atom is -0.309 e. The molecule has 0 spiro atoms. The van der Waals surface area contributed by atoms with Crippen LogP contribution in [-0.4, -0.2) is 21.3 Å². The van der Waals surface area contributed by atoms with E-state index >= 15 is 0 Å². The first-order chi connectivity index (χ1) is 9.29. The van der Waals surface area contributed by atoms with Gasteiger partial charge in [-0.15, -0.1) is 0 Å². The van der Waals surface area contributed by atoms with Crippen LogP contribution in [0.3, 0.4) is 0 Å². The van der Waals surface area contributed by atoms with Crippen molar-refractivity contribution in [2.75, 3.05) is 6.54 Å². The SMILES string of the molecule is CCCNC(CCc1cnn(C)c1)c1ccccn1. The Balaban J connectivity index is 1.97. The Labute approximate surface area is 114 Å². The second-order valence-electron chi connectivity index (χ2n) is 4.82. The Morgan fingerprint density at radius 1 is 1.37 bits per heavy atom. The molecule has 0 aliphatic heterocycles. The lowest BCUT2D eigenvalue weighted by Crippen LogP contribution is -2.23. The van der Waals surface area contributed by atoms with E-state index in [2.05, 4.69) is 34.6 Å². The fourth-order valence-corrected chi connectivity index (χ4v) is 2.17. The van der Waals surface area contributed by atoms with Crippen molar-refractivity contribution in [2.45, 2.75) is 32.2 Å². The molecule has 0 aromatic carbocycles. The average molecular weight is 258 g/mol. The average Bonchev–Trinajstić information content (AvgIpc) is 2.86. The van der Waals surface area contributed by atoms with E-state index in [4.69, 9.17) is 0 Å². The monoisotopic (exact) mass is 258 g/mol. The molecule has 1 atom stereocenters. The Morgan fingerprint density at radius 3 is 2.89 bits per heavy atom. The van der Waals surface area contributed by atoms with Crippen LogP contribution in [0.25, 0.3) is 0 Å². The van der Waals surface area contributed by atoms with Crippen LogP contribution in [0.5, 0.6) is 0 Å². The lowest BCUT2D eigenvalue weighted by molar-refractivity contribution is 0.489. The third kappa shape index (κ3) is 4.17. The van der Waals surface area contributed by atoms with Gasteiger partial charge in [0.15, 0.2) is 0 Å². The van der Waals surface area contributed by atoms with Crippen molar-refractivity contribution in [1.29, 1.82) is 0 Å². The van der Waals surface area contributed by atoms with Crippen LogP contribution in [-0.2, 0) is 13.5 Å². The summed E-state index contributed by atoms with van der Waals surface area (Å²) in [5.41, 5.74) is 2.40. The van der Waals surface area contributed by atoms with Gasteiger partial charge in [-0.05, 0) is 43.5 Å². The molecular formula is C15H22N4. The maximum atomic E-state index is 4.47. The topological polar surface area (TPSA) is 42.7 Å². The van der Waals surface area contributed by atoms with Gasteiger partial charge in [-0.25, -0.2) is 0 Å². The molecule has 1 N–H and O–H groups in total. The molecule has 1 unspecified atom stereocenters. The van der Waals surface area contributed by atoms with Crippen LogP contribution in [0.4, 0.5) is 0 Å². The lowest BCUT2D eigenvalue weighted by Gasteiger charge is -2.17. The number of hydrogen-bond donors (Lipinski definition) is 1. The second kappa shape index (κ2) is 7.04. The van der Waals surface area contributed by atoms with Crippen LogP contribution >= 0.6 is 0 Å². The van der Waals surface area contributed by atoms with Crippen molar-refractivity contribution < 1.29 is 0 Å². The molecule has 0 aliphatic carbocycles. The summed E-state index contributed by atoms with van der Waals surface area (Å²) in [7, 11) is 1.95. The van der Waals surface area contributed by atoms with Crippen molar-refractivity contribution in [1.82, 2.24) is 20.1 Å². The van der Waals surface area contributed by atoms with E-state index in [9.17, 15) is 0 Å². The number of aryl methyl sites for hydroxylation is 2. The summed E-state index contributed by atoms with van der Waals surface area (Å²) in [6.45, 7) is 3.21.